The summed E-state index contributed by atoms with van der Waals surface area (Å²) in [5.41, 5.74) is 9.56. The summed E-state index contributed by atoms with van der Waals surface area (Å²) in [6.07, 6.45) is 0.0976. The lowest BCUT2D eigenvalue weighted by Crippen LogP contribution is -2.25. The van der Waals surface area contributed by atoms with E-state index >= 15 is 0 Å². The van der Waals surface area contributed by atoms with Gasteiger partial charge < -0.3 is 16.2 Å². The number of carbonyl (C=O) groups is 2. The summed E-state index contributed by atoms with van der Waals surface area (Å²) in [4.78, 5) is 23.0. The van der Waals surface area contributed by atoms with Crippen molar-refractivity contribution in [2.45, 2.75) is 47.5 Å². The van der Waals surface area contributed by atoms with E-state index in [1.807, 2.05) is 26.8 Å². The summed E-state index contributed by atoms with van der Waals surface area (Å²) in [6, 6.07) is 1.93. The molecule has 0 saturated carbocycles. The molecule has 0 aromatic heterocycles. The number of carbonyl (C=O) groups excluding carboxylic acids is 1. The molecule has 0 atom stereocenters. The molecule has 1 aromatic carbocycles. The molecule has 0 aliphatic carbocycles. The molecule has 1 amide bonds. The molecule has 116 valence electrons. The summed E-state index contributed by atoms with van der Waals surface area (Å²) in [7, 11) is 0. The smallest absolute Gasteiger partial charge is 0.303 e. The molecule has 0 aliphatic rings. The topological polar surface area (TPSA) is 92.4 Å². The second-order valence-corrected chi connectivity index (χ2v) is 6.38. The molecule has 1 aromatic rings. The molecule has 0 radical (unpaired) electrons. The minimum Gasteiger partial charge on any atom is -0.481 e. The van der Waals surface area contributed by atoms with Gasteiger partial charge in [0.05, 0.1) is 6.42 Å². The molecule has 0 fully saturated rings. The molecule has 5 heteroatoms. The zero-order valence-electron chi connectivity index (χ0n) is 13.3. The van der Waals surface area contributed by atoms with E-state index in [1.165, 1.54) is 0 Å². The van der Waals surface area contributed by atoms with Gasteiger partial charge >= 0.3 is 5.97 Å². The number of anilines is 2. The Labute approximate surface area is 125 Å². The van der Waals surface area contributed by atoms with Gasteiger partial charge in [-0.1, -0.05) is 19.9 Å². The summed E-state index contributed by atoms with van der Waals surface area (Å²) in [6.45, 7) is 9.25. The molecule has 21 heavy (non-hydrogen) atoms. The highest BCUT2D eigenvalue weighted by Gasteiger charge is 2.25. The predicted octanol–water partition coefficient (Wildman–Crippen LogP) is 3.02. The predicted molar refractivity (Wildman–Crippen MR) is 84.3 cm³/mol. The molecule has 0 heterocycles. The Kier molecular flexibility index (Phi) is 4.99. The van der Waals surface area contributed by atoms with E-state index in [0.717, 1.165) is 16.7 Å². The Balaban J connectivity index is 2.90. The van der Waals surface area contributed by atoms with Crippen LogP contribution in [0.15, 0.2) is 6.07 Å². The quantitative estimate of drug-likeness (QED) is 0.727. The van der Waals surface area contributed by atoms with Crippen LogP contribution in [-0.4, -0.2) is 17.0 Å². The fraction of sp³-hybridized carbons (Fsp3) is 0.500. The van der Waals surface area contributed by atoms with Crippen molar-refractivity contribution >= 4 is 23.3 Å². The largest absolute Gasteiger partial charge is 0.481 e. The molecule has 0 spiro atoms. The number of aliphatic carboxylic acids is 1. The van der Waals surface area contributed by atoms with E-state index in [9.17, 15) is 9.59 Å². The minimum absolute atomic E-state index is 0.0472. The molecular weight excluding hydrogens is 268 g/mol. The van der Waals surface area contributed by atoms with Gasteiger partial charge in [-0.2, -0.15) is 0 Å². The number of carboxylic acids is 1. The Morgan fingerprint density at radius 2 is 1.76 bits per heavy atom. The van der Waals surface area contributed by atoms with E-state index < -0.39 is 11.4 Å². The van der Waals surface area contributed by atoms with E-state index in [0.29, 0.717) is 11.4 Å². The highest BCUT2D eigenvalue weighted by Crippen LogP contribution is 2.30. The summed E-state index contributed by atoms with van der Waals surface area (Å²) < 4.78 is 0. The van der Waals surface area contributed by atoms with Crippen LogP contribution >= 0.6 is 0 Å². The van der Waals surface area contributed by atoms with Crippen LogP contribution in [0, 0.1) is 26.2 Å². The number of aryl methyl sites for hydroxylation is 2. The normalized spacial score (nSPS) is 11.3. The Bertz CT molecular complexity index is 577. The van der Waals surface area contributed by atoms with Crippen molar-refractivity contribution in [2.75, 3.05) is 11.1 Å². The lowest BCUT2D eigenvalue weighted by Gasteiger charge is -2.22. The molecule has 0 aliphatic heterocycles. The van der Waals surface area contributed by atoms with Crippen LogP contribution in [0.4, 0.5) is 11.4 Å². The van der Waals surface area contributed by atoms with Crippen molar-refractivity contribution in [1.82, 2.24) is 0 Å². The van der Waals surface area contributed by atoms with Gasteiger partial charge in [-0.15, -0.1) is 0 Å². The molecule has 4 N–H and O–H groups in total. The second-order valence-electron chi connectivity index (χ2n) is 6.38. The van der Waals surface area contributed by atoms with Crippen LogP contribution in [0.1, 0.15) is 43.4 Å². The van der Waals surface area contributed by atoms with E-state index in [1.54, 1.807) is 13.8 Å². The van der Waals surface area contributed by atoms with E-state index in [2.05, 4.69) is 5.32 Å². The first-order chi connectivity index (χ1) is 9.53. The minimum atomic E-state index is -0.903. The lowest BCUT2D eigenvalue weighted by atomic mass is 9.85. The van der Waals surface area contributed by atoms with E-state index in [4.69, 9.17) is 10.8 Å². The summed E-state index contributed by atoms with van der Waals surface area (Å²) in [5.74, 6) is -1.10. The number of amides is 1. The van der Waals surface area contributed by atoms with Crippen LogP contribution in [0.2, 0.25) is 0 Å². The fourth-order valence-corrected chi connectivity index (χ4v) is 2.48. The summed E-state index contributed by atoms with van der Waals surface area (Å²) in [5, 5.41) is 11.7. The first-order valence-corrected chi connectivity index (χ1v) is 6.91. The van der Waals surface area contributed by atoms with Crippen molar-refractivity contribution in [1.29, 1.82) is 0 Å². The number of carboxylic acid groups (broad SMARTS) is 1. The van der Waals surface area contributed by atoms with Crippen molar-refractivity contribution in [2.24, 2.45) is 5.41 Å². The SMILES string of the molecule is Cc1cc(C)c(NC(=O)CC(C)(C)CC(=O)O)c(C)c1N. The average molecular weight is 292 g/mol. The highest BCUT2D eigenvalue weighted by molar-refractivity contribution is 5.94. The second kappa shape index (κ2) is 6.16. The Hall–Kier alpha value is -2.04. The van der Waals surface area contributed by atoms with Crippen molar-refractivity contribution in [3.05, 3.63) is 22.8 Å². The third-order valence-electron chi connectivity index (χ3n) is 3.56. The van der Waals surface area contributed by atoms with Crippen LogP contribution in [0.5, 0.6) is 0 Å². The van der Waals surface area contributed by atoms with Gasteiger partial charge in [0.15, 0.2) is 0 Å². The Morgan fingerprint density at radius 1 is 1.19 bits per heavy atom. The Morgan fingerprint density at radius 3 is 2.29 bits per heavy atom. The summed E-state index contributed by atoms with van der Waals surface area (Å²) >= 11 is 0. The maximum atomic E-state index is 12.2. The first-order valence-electron chi connectivity index (χ1n) is 6.91. The van der Waals surface area contributed by atoms with Crippen LogP contribution < -0.4 is 11.1 Å². The molecule has 0 unspecified atom stereocenters. The lowest BCUT2D eigenvalue weighted by molar-refractivity contribution is -0.139. The molecule has 1 rings (SSSR count). The maximum absolute atomic E-state index is 12.2. The van der Waals surface area contributed by atoms with Crippen molar-refractivity contribution in [3.63, 3.8) is 0 Å². The van der Waals surface area contributed by atoms with Crippen LogP contribution in [0.3, 0.4) is 0 Å². The van der Waals surface area contributed by atoms with Crippen molar-refractivity contribution in [3.8, 4) is 0 Å². The van der Waals surface area contributed by atoms with E-state index in [-0.39, 0.29) is 18.7 Å². The first kappa shape index (κ1) is 17.0. The molecule has 0 bridgehead atoms. The van der Waals surface area contributed by atoms with Gasteiger partial charge in [-0.05, 0) is 42.9 Å². The third-order valence-corrected chi connectivity index (χ3v) is 3.56. The monoisotopic (exact) mass is 292 g/mol. The highest BCUT2D eigenvalue weighted by atomic mass is 16.4. The van der Waals surface area contributed by atoms with Gasteiger partial charge in [-0.25, -0.2) is 0 Å². The van der Waals surface area contributed by atoms with Gasteiger partial charge in [0, 0.05) is 17.8 Å². The van der Waals surface area contributed by atoms with Crippen molar-refractivity contribution < 1.29 is 14.7 Å². The van der Waals surface area contributed by atoms with Gasteiger partial charge in [0.2, 0.25) is 5.91 Å². The zero-order valence-corrected chi connectivity index (χ0v) is 13.3. The molecular formula is C16H24N2O3. The number of nitrogens with two attached hydrogens (primary N) is 1. The fourth-order valence-electron chi connectivity index (χ4n) is 2.48. The number of nitrogens with one attached hydrogen (secondary N) is 1. The average Bonchev–Trinajstić information content (AvgIpc) is 2.29. The zero-order chi connectivity index (χ0) is 16.4. The maximum Gasteiger partial charge on any atom is 0.303 e. The number of nitrogen functional groups attached to an aromatic ring is 1. The standard InChI is InChI=1S/C16H24N2O3/c1-9-6-10(2)15(11(3)14(9)17)18-12(19)7-16(4,5)8-13(20)21/h6H,7-8,17H2,1-5H3,(H,18,19)(H,20,21). The number of benzene rings is 1. The van der Waals surface area contributed by atoms with Gasteiger partial charge in [0.1, 0.15) is 0 Å². The van der Waals surface area contributed by atoms with Crippen LogP contribution in [0.25, 0.3) is 0 Å². The number of hydrogen-bond acceptors (Lipinski definition) is 3. The molecule has 0 saturated heterocycles. The number of rotatable bonds is 5. The van der Waals surface area contributed by atoms with Gasteiger partial charge in [0.25, 0.3) is 0 Å². The molecule has 5 nitrogen and oxygen atoms in total. The third kappa shape index (κ3) is 4.48. The van der Waals surface area contributed by atoms with Crippen LogP contribution in [-0.2, 0) is 9.59 Å². The number of hydrogen-bond donors (Lipinski definition) is 3. The van der Waals surface area contributed by atoms with Gasteiger partial charge in [-0.3, -0.25) is 9.59 Å².